The SMILES string of the molecule is CCNCc1ccc(F)c(Cl)c1F. The first-order valence-electron chi connectivity index (χ1n) is 4.00. The van der Waals surface area contributed by atoms with E-state index < -0.39 is 16.7 Å². The number of hydrogen-bond donors (Lipinski definition) is 1. The van der Waals surface area contributed by atoms with Gasteiger partial charge in [-0.1, -0.05) is 24.6 Å². The predicted molar refractivity (Wildman–Crippen MR) is 48.7 cm³/mol. The van der Waals surface area contributed by atoms with Gasteiger partial charge in [0, 0.05) is 12.1 Å². The molecule has 1 aromatic rings. The Bertz CT molecular complexity index is 302. The summed E-state index contributed by atoms with van der Waals surface area (Å²) in [6.07, 6.45) is 0. The molecule has 0 saturated carbocycles. The van der Waals surface area contributed by atoms with E-state index in [1.54, 1.807) is 0 Å². The van der Waals surface area contributed by atoms with Crippen molar-refractivity contribution in [3.63, 3.8) is 0 Å². The lowest BCUT2D eigenvalue weighted by Gasteiger charge is -2.05. The summed E-state index contributed by atoms with van der Waals surface area (Å²) in [6, 6.07) is 2.55. The summed E-state index contributed by atoms with van der Waals surface area (Å²) in [5.41, 5.74) is 0.383. The molecule has 0 atom stereocenters. The fourth-order valence-corrected chi connectivity index (χ4v) is 1.15. The van der Waals surface area contributed by atoms with Gasteiger partial charge in [0.2, 0.25) is 0 Å². The van der Waals surface area contributed by atoms with Crippen LogP contribution >= 0.6 is 11.6 Å². The molecule has 72 valence electrons. The van der Waals surface area contributed by atoms with Gasteiger partial charge in [-0.15, -0.1) is 0 Å². The normalized spacial score (nSPS) is 10.5. The second-order valence-corrected chi connectivity index (χ2v) is 2.99. The Hall–Kier alpha value is -0.670. The number of benzene rings is 1. The summed E-state index contributed by atoms with van der Waals surface area (Å²) >= 11 is 5.38. The van der Waals surface area contributed by atoms with Crippen LogP contribution in [0.2, 0.25) is 5.02 Å². The molecule has 0 bridgehead atoms. The maximum Gasteiger partial charge on any atom is 0.149 e. The van der Waals surface area contributed by atoms with Crippen molar-refractivity contribution in [3.8, 4) is 0 Å². The topological polar surface area (TPSA) is 12.0 Å². The third kappa shape index (κ3) is 2.39. The first-order chi connectivity index (χ1) is 6.16. The van der Waals surface area contributed by atoms with E-state index in [1.165, 1.54) is 6.07 Å². The van der Waals surface area contributed by atoms with Crippen molar-refractivity contribution >= 4 is 11.6 Å². The van der Waals surface area contributed by atoms with Crippen molar-refractivity contribution in [2.24, 2.45) is 0 Å². The number of rotatable bonds is 3. The van der Waals surface area contributed by atoms with Gasteiger partial charge in [-0.05, 0) is 12.6 Å². The third-order valence-electron chi connectivity index (χ3n) is 1.68. The first-order valence-corrected chi connectivity index (χ1v) is 4.37. The number of nitrogens with one attached hydrogen (secondary N) is 1. The van der Waals surface area contributed by atoms with Crippen molar-refractivity contribution in [1.82, 2.24) is 5.32 Å². The zero-order chi connectivity index (χ0) is 9.84. The van der Waals surface area contributed by atoms with Gasteiger partial charge in [-0.25, -0.2) is 8.78 Å². The molecule has 0 aliphatic carbocycles. The molecular weight excluding hydrogens is 196 g/mol. The van der Waals surface area contributed by atoms with Gasteiger partial charge in [0.05, 0.1) is 0 Å². The predicted octanol–water partition coefficient (Wildman–Crippen LogP) is 2.73. The summed E-state index contributed by atoms with van der Waals surface area (Å²) in [5.74, 6) is -1.40. The molecule has 1 rings (SSSR count). The Morgan fingerprint density at radius 1 is 1.38 bits per heavy atom. The second-order valence-electron chi connectivity index (χ2n) is 2.61. The first kappa shape index (κ1) is 10.4. The Labute approximate surface area is 80.7 Å². The molecule has 0 aliphatic rings. The van der Waals surface area contributed by atoms with Crippen LogP contribution in [0.25, 0.3) is 0 Å². The van der Waals surface area contributed by atoms with Gasteiger partial charge in [-0.3, -0.25) is 0 Å². The molecule has 1 N–H and O–H groups in total. The fourth-order valence-electron chi connectivity index (χ4n) is 0.962. The largest absolute Gasteiger partial charge is 0.313 e. The summed E-state index contributed by atoms with van der Waals surface area (Å²) in [6.45, 7) is 3.00. The maximum atomic E-state index is 13.2. The highest BCUT2D eigenvalue weighted by molar-refractivity contribution is 6.30. The van der Waals surface area contributed by atoms with Crippen molar-refractivity contribution in [2.45, 2.75) is 13.5 Å². The van der Waals surface area contributed by atoms with Gasteiger partial charge < -0.3 is 5.32 Å². The highest BCUT2D eigenvalue weighted by Crippen LogP contribution is 2.21. The Morgan fingerprint density at radius 2 is 2.08 bits per heavy atom. The van der Waals surface area contributed by atoms with Crippen molar-refractivity contribution in [1.29, 1.82) is 0 Å². The molecule has 0 aromatic heterocycles. The third-order valence-corrected chi connectivity index (χ3v) is 2.03. The standard InChI is InChI=1S/C9H10ClF2N/c1-2-13-5-6-3-4-7(11)8(10)9(6)12/h3-4,13H,2,5H2,1H3. The second kappa shape index (κ2) is 4.53. The minimum atomic E-state index is -0.723. The molecule has 0 spiro atoms. The van der Waals surface area contributed by atoms with Crippen LogP contribution in [0.1, 0.15) is 12.5 Å². The maximum absolute atomic E-state index is 13.2. The molecule has 0 saturated heterocycles. The zero-order valence-electron chi connectivity index (χ0n) is 7.20. The van der Waals surface area contributed by atoms with Crippen molar-refractivity contribution in [3.05, 3.63) is 34.4 Å². The molecule has 13 heavy (non-hydrogen) atoms. The van der Waals surface area contributed by atoms with Crippen LogP contribution in [0.3, 0.4) is 0 Å². The van der Waals surface area contributed by atoms with Crippen LogP contribution in [0.4, 0.5) is 8.78 Å². The molecule has 4 heteroatoms. The van der Waals surface area contributed by atoms with Gasteiger partial charge in [0.25, 0.3) is 0 Å². The van der Waals surface area contributed by atoms with Crippen LogP contribution in [-0.2, 0) is 6.54 Å². The van der Waals surface area contributed by atoms with Gasteiger partial charge in [0.1, 0.15) is 16.7 Å². The smallest absolute Gasteiger partial charge is 0.149 e. The van der Waals surface area contributed by atoms with Crippen LogP contribution in [-0.4, -0.2) is 6.54 Å². The Morgan fingerprint density at radius 3 is 2.69 bits per heavy atom. The average Bonchev–Trinajstić information content (AvgIpc) is 2.13. The van der Waals surface area contributed by atoms with E-state index in [-0.39, 0.29) is 0 Å². The summed E-state index contributed by atoms with van der Waals surface area (Å²) in [4.78, 5) is 0. The summed E-state index contributed by atoms with van der Waals surface area (Å²) < 4.78 is 25.9. The Kier molecular flexibility index (Phi) is 3.63. The quantitative estimate of drug-likeness (QED) is 0.749. The molecule has 0 aliphatic heterocycles. The molecule has 0 unspecified atom stereocenters. The van der Waals surface area contributed by atoms with Crippen molar-refractivity contribution < 1.29 is 8.78 Å². The van der Waals surface area contributed by atoms with E-state index in [0.29, 0.717) is 12.1 Å². The van der Waals surface area contributed by atoms with E-state index in [4.69, 9.17) is 11.6 Å². The number of hydrogen-bond acceptors (Lipinski definition) is 1. The highest BCUT2D eigenvalue weighted by Gasteiger charge is 2.10. The average molecular weight is 206 g/mol. The van der Waals surface area contributed by atoms with Gasteiger partial charge in [0.15, 0.2) is 0 Å². The molecule has 0 radical (unpaired) electrons. The van der Waals surface area contributed by atoms with Crippen LogP contribution in [0.15, 0.2) is 12.1 Å². The molecule has 0 amide bonds. The minimum absolute atomic E-state index is 0.363. The highest BCUT2D eigenvalue weighted by atomic mass is 35.5. The molecule has 1 nitrogen and oxygen atoms in total. The van der Waals surface area contributed by atoms with E-state index in [9.17, 15) is 8.78 Å². The summed E-state index contributed by atoms with van der Waals surface area (Å²) in [5, 5.41) is 2.50. The summed E-state index contributed by atoms with van der Waals surface area (Å²) in [7, 11) is 0. The molecule has 1 aromatic carbocycles. The van der Waals surface area contributed by atoms with Gasteiger partial charge in [-0.2, -0.15) is 0 Å². The molecule has 0 heterocycles. The Balaban J connectivity index is 2.90. The van der Waals surface area contributed by atoms with E-state index in [0.717, 1.165) is 12.6 Å². The van der Waals surface area contributed by atoms with Gasteiger partial charge >= 0.3 is 0 Å². The van der Waals surface area contributed by atoms with Crippen molar-refractivity contribution in [2.75, 3.05) is 6.54 Å². The lowest BCUT2D eigenvalue weighted by atomic mass is 10.2. The molecular formula is C9H10ClF2N. The molecule has 0 fully saturated rings. The zero-order valence-corrected chi connectivity index (χ0v) is 7.96. The van der Waals surface area contributed by atoms with E-state index >= 15 is 0 Å². The lowest BCUT2D eigenvalue weighted by Crippen LogP contribution is -2.13. The monoisotopic (exact) mass is 205 g/mol. The van der Waals surface area contributed by atoms with E-state index in [1.807, 2.05) is 6.92 Å². The number of halogens is 3. The minimum Gasteiger partial charge on any atom is -0.313 e. The van der Waals surface area contributed by atoms with Crippen LogP contribution in [0, 0.1) is 11.6 Å². The van der Waals surface area contributed by atoms with Crippen LogP contribution < -0.4 is 5.32 Å². The van der Waals surface area contributed by atoms with E-state index in [2.05, 4.69) is 5.32 Å². The fraction of sp³-hybridized carbons (Fsp3) is 0.333. The lowest BCUT2D eigenvalue weighted by molar-refractivity contribution is 0.564. The van der Waals surface area contributed by atoms with Crippen LogP contribution in [0.5, 0.6) is 0 Å².